The van der Waals surface area contributed by atoms with Crippen molar-refractivity contribution < 1.29 is 4.74 Å². The normalized spacial score (nSPS) is 9.62. The maximum atomic E-state index is 7.11. The van der Waals surface area contributed by atoms with Crippen LogP contribution in [0.3, 0.4) is 0 Å². The second-order valence-corrected chi connectivity index (χ2v) is 2.78. The van der Waals surface area contributed by atoms with Crippen molar-refractivity contribution in [2.24, 2.45) is 5.73 Å². The van der Waals surface area contributed by atoms with E-state index in [1.165, 1.54) is 0 Å². The van der Waals surface area contributed by atoms with E-state index in [-0.39, 0.29) is 5.84 Å². The molecular formula is C10H14N2O. The number of amidine groups is 1. The summed E-state index contributed by atoms with van der Waals surface area (Å²) in [7, 11) is 0. The van der Waals surface area contributed by atoms with Gasteiger partial charge in [-0.25, -0.2) is 0 Å². The summed E-state index contributed by atoms with van der Waals surface area (Å²) in [6.45, 7) is 2.62. The van der Waals surface area contributed by atoms with Gasteiger partial charge in [-0.3, -0.25) is 5.41 Å². The first-order chi connectivity index (χ1) is 6.22. The molecular weight excluding hydrogens is 164 g/mol. The van der Waals surface area contributed by atoms with Crippen LogP contribution in [0.2, 0.25) is 0 Å². The fourth-order valence-electron chi connectivity index (χ4n) is 1.09. The molecule has 0 aliphatic rings. The zero-order valence-electron chi connectivity index (χ0n) is 7.71. The van der Waals surface area contributed by atoms with E-state index in [4.69, 9.17) is 15.9 Å². The van der Waals surface area contributed by atoms with Crippen LogP contribution in [-0.4, -0.2) is 12.4 Å². The molecule has 3 N–H and O–H groups in total. The highest BCUT2D eigenvalue weighted by Gasteiger charge is 1.95. The minimum Gasteiger partial charge on any atom is -0.494 e. The average Bonchev–Trinajstić information content (AvgIpc) is 2.08. The molecule has 0 aromatic heterocycles. The van der Waals surface area contributed by atoms with Crippen LogP contribution < -0.4 is 10.5 Å². The summed E-state index contributed by atoms with van der Waals surface area (Å²) in [6.07, 6.45) is 0.506. The van der Waals surface area contributed by atoms with Gasteiger partial charge in [0, 0.05) is 6.42 Å². The quantitative estimate of drug-likeness (QED) is 0.543. The number of nitrogens with one attached hydrogen (secondary N) is 1. The second-order valence-electron chi connectivity index (χ2n) is 2.78. The molecule has 0 spiro atoms. The lowest BCUT2D eigenvalue weighted by molar-refractivity contribution is 0.340. The Bertz CT molecular complexity index is 279. The third-order valence-corrected chi connectivity index (χ3v) is 1.63. The molecule has 0 aliphatic carbocycles. The first kappa shape index (κ1) is 9.58. The summed E-state index contributed by atoms with van der Waals surface area (Å²) >= 11 is 0. The number of ether oxygens (including phenoxy) is 1. The third kappa shape index (κ3) is 3.15. The Morgan fingerprint density at radius 3 is 2.46 bits per heavy atom. The molecule has 3 heteroatoms. The molecule has 13 heavy (non-hydrogen) atoms. The van der Waals surface area contributed by atoms with Gasteiger partial charge in [0.1, 0.15) is 5.75 Å². The van der Waals surface area contributed by atoms with Crippen molar-refractivity contribution in [1.82, 2.24) is 0 Å². The predicted molar refractivity (Wildman–Crippen MR) is 53.2 cm³/mol. The molecule has 0 bridgehead atoms. The van der Waals surface area contributed by atoms with Crippen LogP contribution in [0.4, 0.5) is 0 Å². The van der Waals surface area contributed by atoms with Crippen LogP contribution >= 0.6 is 0 Å². The summed E-state index contributed by atoms with van der Waals surface area (Å²) in [5.74, 6) is 1.04. The second kappa shape index (κ2) is 4.50. The van der Waals surface area contributed by atoms with Crippen molar-refractivity contribution in [2.45, 2.75) is 13.3 Å². The van der Waals surface area contributed by atoms with Crippen molar-refractivity contribution >= 4 is 5.84 Å². The van der Waals surface area contributed by atoms with Gasteiger partial charge < -0.3 is 10.5 Å². The van der Waals surface area contributed by atoms with Gasteiger partial charge in [-0.1, -0.05) is 12.1 Å². The van der Waals surface area contributed by atoms with Gasteiger partial charge in [-0.05, 0) is 24.6 Å². The Labute approximate surface area is 78.0 Å². The van der Waals surface area contributed by atoms with Gasteiger partial charge in [0.15, 0.2) is 0 Å². The fourth-order valence-corrected chi connectivity index (χ4v) is 1.09. The van der Waals surface area contributed by atoms with E-state index in [2.05, 4.69) is 0 Å². The summed E-state index contributed by atoms with van der Waals surface area (Å²) < 4.78 is 5.28. The molecule has 70 valence electrons. The summed E-state index contributed by atoms with van der Waals surface area (Å²) in [5, 5.41) is 7.11. The molecule has 1 aromatic rings. The van der Waals surface area contributed by atoms with E-state index in [1.54, 1.807) is 0 Å². The maximum absolute atomic E-state index is 7.11. The van der Waals surface area contributed by atoms with E-state index >= 15 is 0 Å². The Balaban J connectivity index is 2.64. The molecule has 0 unspecified atom stereocenters. The van der Waals surface area contributed by atoms with E-state index in [9.17, 15) is 0 Å². The van der Waals surface area contributed by atoms with Crippen LogP contribution in [0.1, 0.15) is 12.5 Å². The highest BCUT2D eigenvalue weighted by Crippen LogP contribution is 2.12. The van der Waals surface area contributed by atoms with Crippen LogP contribution in [0.15, 0.2) is 24.3 Å². The fraction of sp³-hybridized carbons (Fsp3) is 0.300. The lowest BCUT2D eigenvalue weighted by atomic mass is 10.1. The van der Waals surface area contributed by atoms with Gasteiger partial charge in [-0.15, -0.1) is 0 Å². The van der Waals surface area contributed by atoms with E-state index in [0.29, 0.717) is 13.0 Å². The molecule has 0 atom stereocenters. The van der Waals surface area contributed by atoms with Gasteiger partial charge in [0.05, 0.1) is 12.4 Å². The monoisotopic (exact) mass is 178 g/mol. The minimum absolute atomic E-state index is 0.184. The van der Waals surface area contributed by atoms with Gasteiger partial charge in [0.25, 0.3) is 0 Å². The van der Waals surface area contributed by atoms with E-state index < -0.39 is 0 Å². The number of rotatable bonds is 4. The Kier molecular flexibility index (Phi) is 3.31. The lowest BCUT2D eigenvalue weighted by Crippen LogP contribution is -2.12. The van der Waals surface area contributed by atoms with Crippen molar-refractivity contribution in [1.29, 1.82) is 5.41 Å². The van der Waals surface area contributed by atoms with Gasteiger partial charge in [-0.2, -0.15) is 0 Å². The number of benzene rings is 1. The molecule has 0 radical (unpaired) electrons. The molecule has 3 nitrogen and oxygen atoms in total. The van der Waals surface area contributed by atoms with Gasteiger partial charge >= 0.3 is 0 Å². The predicted octanol–water partition coefficient (Wildman–Crippen LogP) is 1.56. The smallest absolute Gasteiger partial charge is 0.119 e. The maximum Gasteiger partial charge on any atom is 0.119 e. The van der Waals surface area contributed by atoms with E-state index in [1.807, 2.05) is 31.2 Å². The number of hydrogen-bond donors (Lipinski definition) is 2. The first-order valence-electron chi connectivity index (χ1n) is 4.27. The standard InChI is InChI=1S/C10H14N2O/c1-2-13-9-5-3-8(4-6-9)7-10(11)12/h3-6H,2,7H2,1H3,(H3,11,12). The van der Waals surface area contributed by atoms with E-state index in [0.717, 1.165) is 11.3 Å². The van der Waals surface area contributed by atoms with Gasteiger partial charge in [0.2, 0.25) is 0 Å². The molecule has 0 aliphatic heterocycles. The Morgan fingerprint density at radius 2 is 2.00 bits per heavy atom. The molecule has 0 heterocycles. The van der Waals surface area contributed by atoms with Crippen molar-refractivity contribution in [3.05, 3.63) is 29.8 Å². The number of nitrogens with two attached hydrogens (primary N) is 1. The highest BCUT2D eigenvalue weighted by molar-refractivity contribution is 5.79. The molecule has 1 rings (SSSR count). The highest BCUT2D eigenvalue weighted by atomic mass is 16.5. The average molecular weight is 178 g/mol. The largest absolute Gasteiger partial charge is 0.494 e. The summed E-state index contributed by atoms with van der Waals surface area (Å²) in [6, 6.07) is 7.63. The SMILES string of the molecule is CCOc1ccc(CC(=N)N)cc1. The van der Waals surface area contributed by atoms with Crippen molar-refractivity contribution in [2.75, 3.05) is 6.61 Å². The van der Waals surface area contributed by atoms with Crippen molar-refractivity contribution in [3.63, 3.8) is 0 Å². The zero-order valence-corrected chi connectivity index (χ0v) is 7.71. The zero-order chi connectivity index (χ0) is 9.68. The van der Waals surface area contributed by atoms with Crippen LogP contribution in [0.25, 0.3) is 0 Å². The molecule has 0 saturated heterocycles. The third-order valence-electron chi connectivity index (χ3n) is 1.63. The molecule has 0 fully saturated rings. The first-order valence-corrected chi connectivity index (χ1v) is 4.27. The topological polar surface area (TPSA) is 59.1 Å². The number of hydrogen-bond acceptors (Lipinski definition) is 2. The summed E-state index contributed by atoms with van der Waals surface area (Å²) in [4.78, 5) is 0. The van der Waals surface area contributed by atoms with Crippen LogP contribution in [-0.2, 0) is 6.42 Å². The minimum atomic E-state index is 0.184. The lowest BCUT2D eigenvalue weighted by Gasteiger charge is -2.03. The molecule has 0 amide bonds. The Morgan fingerprint density at radius 1 is 1.38 bits per heavy atom. The molecule has 1 aromatic carbocycles. The Hall–Kier alpha value is -1.51. The molecule has 0 saturated carbocycles. The van der Waals surface area contributed by atoms with Crippen LogP contribution in [0.5, 0.6) is 5.75 Å². The van der Waals surface area contributed by atoms with Crippen molar-refractivity contribution in [3.8, 4) is 5.75 Å². The van der Waals surface area contributed by atoms with Crippen LogP contribution in [0, 0.1) is 5.41 Å². The summed E-state index contributed by atoms with van der Waals surface area (Å²) in [5.41, 5.74) is 6.31.